The minimum Gasteiger partial charge on any atom is -0.293 e. The lowest BCUT2D eigenvalue weighted by molar-refractivity contribution is 0.0971. The summed E-state index contributed by atoms with van der Waals surface area (Å²) in [6.07, 6.45) is 2.14. The third-order valence-electron chi connectivity index (χ3n) is 3.48. The van der Waals surface area contributed by atoms with Crippen molar-refractivity contribution in [1.29, 1.82) is 0 Å². The molecule has 1 aliphatic carbocycles. The Bertz CT molecular complexity index is 630. The topological polar surface area (TPSA) is 17.1 Å². The second kappa shape index (κ2) is 4.88. The van der Waals surface area contributed by atoms with Crippen molar-refractivity contribution < 1.29 is 4.79 Å². The number of hydrogen-bond donors (Lipinski definition) is 0. The molecule has 1 heterocycles. The summed E-state index contributed by atoms with van der Waals surface area (Å²) in [6.45, 7) is 4.22. The molecule has 0 bridgehead atoms. The van der Waals surface area contributed by atoms with Crippen molar-refractivity contribution in [3.8, 4) is 10.4 Å². The molecule has 0 unspecified atom stereocenters. The van der Waals surface area contributed by atoms with Crippen LogP contribution in [0.1, 0.15) is 33.6 Å². The second-order valence-corrected chi connectivity index (χ2v) is 7.18. The van der Waals surface area contributed by atoms with Gasteiger partial charge in [0, 0.05) is 20.8 Å². The molecule has 2 aromatic rings. The summed E-state index contributed by atoms with van der Waals surface area (Å²) >= 11 is 5.26. The zero-order chi connectivity index (χ0) is 13.6. The van der Waals surface area contributed by atoms with Crippen molar-refractivity contribution in [2.45, 2.75) is 26.7 Å². The Labute approximate surface area is 125 Å². The fourth-order valence-electron chi connectivity index (χ4n) is 2.38. The smallest absolute Gasteiger partial charge is 0.175 e. The predicted molar refractivity (Wildman–Crippen MR) is 84.0 cm³/mol. The molecular formula is C16H15BrOS. The van der Waals surface area contributed by atoms with Crippen LogP contribution in [0.4, 0.5) is 0 Å². The molecule has 3 heteroatoms. The highest BCUT2D eigenvalue weighted by atomic mass is 79.9. The molecule has 1 aromatic carbocycles. The lowest BCUT2D eigenvalue weighted by Gasteiger charge is -2.08. The zero-order valence-electron chi connectivity index (χ0n) is 11.0. The van der Waals surface area contributed by atoms with Crippen LogP contribution >= 0.6 is 27.3 Å². The van der Waals surface area contributed by atoms with E-state index in [1.165, 1.54) is 21.6 Å². The summed E-state index contributed by atoms with van der Waals surface area (Å²) in [5.74, 6) is 0.631. The number of ketones is 1. The molecule has 0 aliphatic heterocycles. The van der Waals surface area contributed by atoms with Crippen LogP contribution in [0.5, 0.6) is 0 Å². The number of benzene rings is 1. The molecule has 1 fully saturated rings. The Morgan fingerprint density at radius 3 is 2.63 bits per heavy atom. The summed E-state index contributed by atoms with van der Waals surface area (Å²) < 4.78 is 1.11. The number of Topliss-reactive ketones (excluding diaryl/α,β-unsaturated/α-hetero) is 1. The van der Waals surface area contributed by atoms with Crippen molar-refractivity contribution in [2.75, 3.05) is 0 Å². The van der Waals surface area contributed by atoms with Crippen molar-refractivity contribution in [3.05, 3.63) is 44.7 Å². The molecule has 1 nitrogen and oxygen atoms in total. The van der Waals surface area contributed by atoms with E-state index < -0.39 is 0 Å². The first-order valence-electron chi connectivity index (χ1n) is 6.47. The quantitative estimate of drug-likeness (QED) is 0.688. The Morgan fingerprint density at radius 1 is 1.26 bits per heavy atom. The minimum absolute atomic E-state index is 0.300. The summed E-state index contributed by atoms with van der Waals surface area (Å²) in [5, 5.41) is 0. The van der Waals surface area contributed by atoms with Crippen LogP contribution in [-0.2, 0) is 0 Å². The molecule has 1 aliphatic rings. The molecule has 19 heavy (non-hydrogen) atoms. The van der Waals surface area contributed by atoms with Gasteiger partial charge >= 0.3 is 0 Å². The molecule has 98 valence electrons. The number of carbonyl (C=O) groups excluding carboxylic acids is 1. The monoisotopic (exact) mass is 334 g/mol. The maximum atomic E-state index is 12.1. The van der Waals surface area contributed by atoms with E-state index in [0.29, 0.717) is 11.7 Å². The molecule has 0 radical (unpaired) electrons. The van der Waals surface area contributed by atoms with E-state index in [0.717, 1.165) is 22.2 Å². The fourth-order valence-corrected chi connectivity index (χ4v) is 4.55. The van der Waals surface area contributed by atoms with Crippen molar-refractivity contribution in [1.82, 2.24) is 0 Å². The summed E-state index contributed by atoms with van der Waals surface area (Å²) in [5.41, 5.74) is 3.71. The van der Waals surface area contributed by atoms with Crippen LogP contribution in [0.3, 0.4) is 0 Å². The first-order chi connectivity index (χ1) is 9.06. The normalized spacial score (nSPS) is 14.7. The van der Waals surface area contributed by atoms with Gasteiger partial charge in [0.05, 0.1) is 4.88 Å². The van der Waals surface area contributed by atoms with Gasteiger partial charge in [-0.1, -0.05) is 22.0 Å². The van der Waals surface area contributed by atoms with Gasteiger partial charge in [-0.15, -0.1) is 11.3 Å². The van der Waals surface area contributed by atoms with Crippen LogP contribution in [0.2, 0.25) is 0 Å². The molecule has 0 amide bonds. The third kappa shape index (κ3) is 2.54. The Balaban J connectivity index is 2.01. The van der Waals surface area contributed by atoms with E-state index in [2.05, 4.69) is 48.0 Å². The number of thiophene rings is 1. The highest BCUT2D eigenvalue weighted by Gasteiger charge is 2.31. The van der Waals surface area contributed by atoms with Crippen molar-refractivity contribution in [2.24, 2.45) is 5.92 Å². The van der Waals surface area contributed by atoms with E-state index in [9.17, 15) is 4.79 Å². The number of hydrogen-bond acceptors (Lipinski definition) is 2. The predicted octanol–water partition coefficient (Wildman–Crippen LogP) is 5.39. The number of rotatable bonds is 3. The highest BCUT2D eigenvalue weighted by Crippen LogP contribution is 2.40. The average molecular weight is 335 g/mol. The molecule has 0 N–H and O–H groups in total. The van der Waals surface area contributed by atoms with Crippen LogP contribution in [0, 0.1) is 19.8 Å². The maximum absolute atomic E-state index is 12.1. The van der Waals surface area contributed by atoms with Crippen LogP contribution in [0.15, 0.2) is 28.7 Å². The first kappa shape index (κ1) is 13.1. The SMILES string of the molecule is Cc1cc(C)c(-c2ccc(C(=O)C3CC3)s2)c(Br)c1. The zero-order valence-corrected chi connectivity index (χ0v) is 13.4. The van der Waals surface area contributed by atoms with Crippen LogP contribution in [0.25, 0.3) is 10.4 Å². The van der Waals surface area contributed by atoms with Gasteiger partial charge in [0.15, 0.2) is 5.78 Å². The maximum Gasteiger partial charge on any atom is 0.175 e. The Morgan fingerprint density at radius 2 is 2.00 bits per heavy atom. The van der Waals surface area contributed by atoms with Crippen LogP contribution < -0.4 is 0 Å². The second-order valence-electron chi connectivity index (χ2n) is 5.24. The third-order valence-corrected chi connectivity index (χ3v) is 5.22. The Kier molecular flexibility index (Phi) is 3.35. The van der Waals surface area contributed by atoms with Gasteiger partial charge in [-0.05, 0) is 56.0 Å². The largest absolute Gasteiger partial charge is 0.293 e. The van der Waals surface area contributed by atoms with Gasteiger partial charge in [-0.2, -0.15) is 0 Å². The molecular weight excluding hydrogens is 320 g/mol. The van der Waals surface area contributed by atoms with Gasteiger partial charge in [0.1, 0.15) is 0 Å². The standard InChI is InChI=1S/C16H15BrOS/c1-9-7-10(2)15(12(17)8-9)13-5-6-14(19-13)16(18)11-3-4-11/h5-8,11H,3-4H2,1-2H3. The Hall–Kier alpha value is -0.930. The van der Waals surface area contributed by atoms with E-state index in [4.69, 9.17) is 0 Å². The van der Waals surface area contributed by atoms with E-state index in [-0.39, 0.29) is 0 Å². The summed E-state index contributed by atoms with van der Waals surface area (Å²) in [6, 6.07) is 8.36. The fraction of sp³-hybridized carbons (Fsp3) is 0.312. The van der Waals surface area contributed by atoms with E-state index in [1.807, 2.05) is 6.07 Å². The van der Waals surface area contributed by atoms with E-state index >= 15 is 0 Å². The summed E-state index contributed by atoms with van der Waals surface area (Å²) in [4.78, 5) is 14.2. The number of aryl methyl sites for hydroxylation is 2. The van der Waals surface area contributed by atoms with Gasteiger partial charge in [-0.25, -0.2) is 0 Å². The number of carbonyl (C=O) groups is 1. The lowest BCUT2D eigenvalue weighted by atomic mass is 10.0. The van der Waals surface area contributed by atoms with Gasteiger partial charge in [0.2, 0.25) is 0 Å². The molecule has 0 atom stereocenters. The molecule has 0 spiro atoms. The van der Waals surface area contributed by atoms with Crippen molar-refractivity contribution >= 4 is 33.0 Å². The van der Waals surface area contributed by atoms with E-state index in [1.54, 1.807) is 11.3 Å². The molecule has 1 aromatic heterocycles. The lowest BCUT2D eigenvalue weighted by Crippen LogP contribution is -1.96. The van der Waals surface area contributed by atoms with Gasteiger partial charge < -0.3 is 0 Å². The molecule has 3 rings (SSSR count). The van der Waals surface area contributed by atoms with Crippen LogP contribution in [-0.4, -0.2) is 5.78 Å². The highest BCUT2D eigenvalue weighted by molar-refractivity contribution is 9.10. The minimum atomic E-state index is 0.300. The summed E-state index contributed by atoms with van der Waals surface area (Å²) in [7, 11) is 0. The van der Waals surface area contributed by atoms with Crippen molar-refractivity contribution in [3.63, 3.8) is 0 Å². The van der Waals surface area contributed by atoms with Gasteiger partial charge in [-0.3, -0.25) is 4.79 Å². The molecule has 1 saturated carbocycles. The van der Waals surface area contributed by atoms with Gasteiger partial charge in [0.25, 0.3) is 0 Å². The first-order valence-corrected chi connectivity index (χ1v) is 8.08. The molecule has 0 saturated heterocycles. The average Bonchev–Trinajstić information content (AvgIpc) is 3.07. The number of halogens is 1.